The standard InChI is InChI=1S/C20H19FN2O2S/c1-14-18(19(23-25-14)15-7-3-2-4-8-15)20(24)22-11-12-26-13-16-9-5-6-10-17(16)21/h2-10H,11-13H2,1H3,(H,22,24). The van der Waals surface area contributed by atoms with Crippen molar-refractivity contribution in [3.8, 4) is 11.3 Å². The van der Waals surface area contributed by atoms with Crippen LogP contribution in [0.5, 0.6) is 0 Å². The summed E-state index contributed by atoms with van der Waals surface area (Å²) in [5.41, 5.74) is 2.50. The molecular formula is C20H19FN2O2S. The molecule has 1 aromatic heterocycles. The van der Waals surface area contributed by atoms with Gasteiger partial charge >= 0.3 is 0 Å². The van der Waals surface area contributed by atoms with Gasteiger partial charge in [-0.25, -0.2) is 4.39 Å². The molecule has 6 heteroatoms. The van der Waals surface area contributed by atoms with E-state index in [0.717, 1.165) is 5.56 Å². The highest BCUT2D eigenvalue weighted by molar-refractivity contribution is 7.98. The smallest absolute Gasteiger partial charge is 0.257 e. The Labute approximate surface area is 155 Å². The van der Waals surface area contributed by atoms with Gasteiger partial charge in [0.15, 0.2) is 0 Å². The van der Waals surface area contributed by atoms with Gasteiger partial charge < -0.3 is 9.84 Å². The van der Waals surface area contributed by atoms with Crippen LogP contribution >= 0.6 is 11.8 Å². The summed E-state index contributed by atoms with van der Waals surface area (Å²) < 4.78 is 18.8. The molecular weight excluding hydrogens is 351 g/mol. The molecule has 4 nitrogen and oxygen atoms in total. The SMILES string of the molecule is Cc1onc(-c2ccccc2)c1C(=O)NCCSCc1ccccc1F. The Hall–Kier alpha value is -2.60. The molecule has 0 radical (unpaired) electrons. The van der Waals surface area contributed by atoms with Gasteiger partial charge in [0.1, 0.15) is 22.8 Å². The minimum Gasteiger partial charge on any atom is -0.360 e. The lowest BCUT2D eigenvalue weighted by Gasteiger charge is -2.06. The summed E-state index contributed by atoms with van der Waals surface area (Å²) in [7, 11) is 0. The number of nitrogens with one attached hydrogen (secondary N) is 1. The number of carbonyl (C=O) groups excluding carboxylic acids is 1. The fourth-order valence-corrected chi connectivity index (χ4v) is 3.40. The molecule has 0 spiro atoms. The maximum Gasteiger partial charge on any atom is 0.257 e. The average Bonchev–Trinajstić information content (AvgIpc) is 3.05. The van der Waals surface area contributed by atoms with Gasteiger partial charge in [-0.3, -0.25) is 4.79 Å². The van der Waals surface area contributed by atoms with Crippen LogP contribution in [0.15, 0.2) is 59.1 Å². The second-order valence-electron chi connectivity index (χ2n) is 5.73. The summed E-state index contributed by atoms with van der Waals surface area (Å²) in [6, 6.07) is 16.2. The van der Waals surface area contributed by atoms with Crippen molar-refractivity contribution in [1.82, 2.24) is 10.5 Å². The number of nitrogens with zero attached hydrogens (tertiary/aromatic N) is 1. The van der Waals surface area contributed by atoms with E-state index < -0.39 is 0 Å². The molecule has 0 bridgehead atoms. The van der Waals surface area contributed by atoms with Crippen LogP contribution in [0.4, 0.5) is 4.39 Å². The van der Waals surface area contributed by atoms with Crippen molar-refractivity contribution in [2.75, 3.05) is 12.3 Å². The van der Waals surface area contributed by atoms with Gasteiger partial charge in [-0.15, -0.1) is 0 Å². The van der Waals surface area contributed by atoms with Crippen molar-refractivity contribution in [2.24, 2.45) is 0 Å². The first-order chi connectivity index (χ1) is 12.7. The van der Waals surface area contributed by atoms with Gasteiger partial charge in [-0.1, -0.05) is 53.7 Å². The highest BCUT2D eigenvalue weighted by atomic mass is 32.2. The third kappa shape index (κ3) is 4.32. The van der Waals surface area contributed by atoms with Crippen LogP contribution < -0.4 is 5.32 Å². The zero-order chi connectivity index (χ0) is 18.4. The second-order valence-corrected chi connectivity index (χ2v) is 6.83. The largest absolute Gasteiger partial charge is 0.360 e. The summed E-state index contributed by atoms with van der Waals surface area (Å²) in [4.78, 5) is 12.5. The Morgan fingerprint density at radius 1 is 1.15 bits per heavy atom. The van der Waals surface area contributed by atoms with Gasteiger partial charge in [-0.05, 0) is 18.6 Å². The van der Waals surface area contributed by atoms with Gasteiger partial charge in [0.25, 0.3) is 5.91 Å². The fraction of sp³-hybridized carbons (Fsp3) is 0.200. The summed E-state index contributed by atoms with van der Waals surface area (Å²) in [6.45, 7) is 2.21. The number of halogens is 1. The normalized spacial score (nSPS) is 10.7. The first-order valence-electron chi connectivity index (χ1n) is 8.28. The summed E-state index contributed by atoms with van der Waals surface area (Å²) in [5, 5.41) is 6.90. The van der Waals surface area contributed by atoms with Crippen LogP contribution in [0.25, 0.3) is 11.3 Å². The van der Waals surface area contributed by atoms with Gasteiger partial charge in [-0.2, -0.15) is 11.8 Å². The minimum absolute atomic E-state index is 0.198. The first-order valence-corrected chi connectivity index (χ1v) is 9.43. The molecule has 0 atom stereocenters. The topological polar surface area (TPSA) is 55.1 Å². The van der Waals surface area contributed by atoms with E-state index in [1.165, 1.54) is 6.07 Å². The highest BCUT2D eigenvalue weighted by Gasteiger charge is 2.21. The molecule has 1 amide bonds. The van der Waals surface area contributed by atoms with Gasteiger partial charge in [0.05, 0.1) is 0 Å². The van der Waals surface area contributed by atoms with E-state index in [-0.39, 0.29) is 11.7 Å². The third-order valence-electron chi connectivity index (χ3n) is 3.88. The van der Waals surface area contributed by atoms with E-state index in [1.54, 1.807) is 30.8 Å². The molecule has 3 rings (SSSR count). The Balaban J connectivity index is 1.55. The van der Waals surface area contributed by atoms with Crippen LogP contribution in [0.3, 0.4) is 0 Å². The number of thioether (sulfide) groups is 1. The highest BCUT2D eigenvalue weighted by Crippen LogP contribution is 2.24. The van der Waals surface area contributed by atoms with Crippen LogP contribution in [0.2, 0.25) is 0 Å². The molecule has 0 saturated carbocycles. The Kier molecular flexibility index (Phi) is 6.07. The van der Waals surface area contributed by atoms with Gasteiger partial charge in [0, 0.05) is 23.6 Å². The molecule has 0 aliphatic carbocycles. The quantitative estimate of drug-likeness (QED) is 0.624. The molecule has 0 saturated heterocycles. The number of benzene rings is 2. The first kappa shape index (κ1) is 18.2. The molecule has 0 fully saturated rings. The molecule has 1 heterocycles. The van der Waals surface area contributed by atoms with Crippen LogP contribution in [-0.4, -0.2) is 23.4 Å². The molecule has 0 aliphatic heterocycles. The van der Waals surface area contributed by atoms with E-state index in [0.29, 0.717) is 40.6 Å². The van der Waals surface area contributed by atoms with Gasteiger partial charge in [0.2, 0.25) is 0 Å². The summed E-state index contributed by atoms with van der Waals surface area (Å²) >= 11 is 1.57. The van der Waals surface area contributed by atoms with Crippen LogP contribution in [0, 0.1) is 12.7 Å². The molecule has 0 aliphatic rings. The molecule has 1 N–H and O–H groups in total. The number of aryl methyl sites for hydroxylation is 1. The van der Waals surface area contributed by atoms with E-state index in [4.69, 9.17) is 4.52 Å². The number of rotatable bonds is 7. The van der Waals surface area contributed by atoms with E-state index in [9.17, 15) is 9.18 Å². The molecule has 26 heavy (non-hydrogen) atoms. The number of hydrogen-bond donors (Lipinski definition) is 1. The Bertz CT molecular complexity index is 881. The van der Waals surface area contributed by atoms with E-state index in [2.05, 4.69) is 10.5 Å². The number of amides is 1. The average molecular weight is 370 g/mol. The molecule has 2 aromatic carbocycles. The maximum atomic E-state index is 13.6. The predicted octanol–water partition coefficient (Wildman–Crippen LogP) is 4.45. The number of aromatic nitrogens is 1. The maximum absolute atomic E-state index is 13.6. The van der Waals surface area contributed by atoms with Crippen molar-refractivity contribution in [3.63, 3.8) is 0 Å². The van der Waals surface area contributed by atoms with E-state index >= 15 is 0 Å². The number of hydrogen-bond acceptors (Lipinski definition) is 4. The zero-order valence-electron chi connectivity index (χ0n) is 14.4. The lowest BCUT2D eigenvalue weighted by Crippen LogP contribution is -2.26. The van der Waals surface area contributed by atoms with Crippen molar-refractivity contribution in [1.29, 1.82) is 0 Å². The minimum atomic E-state index is -0.214. The van der Waals surface area contributed by atoms with Crippen LogP contribution in [-0.2, 0) is 5.75 Å². The molecule has 134 valence electrons. The van der Waals surface area contributed by atoms with Crippen LogP contribution in [0.1, 0.15) is 21.7 Å². The lowest BCUT2D eigenvalue weighted by molar-refractivity contribution is 0.0955. The Morgan fingerprint density at radius 3 is 2.65 bits per heavy atom. The lowest BCUT2D eigenvalue weighted by atomic mass is 10.1. The zero-order valence-corrected chi connectivity index (χ0v) is 15.2. The van der Waals surface area contributed by atoms with Crippen molar-refractivity contribution in [2.45, 2.75) is 12.7 Å². The summed E-state index contributed by atoms with van der Waals surface area (Å²) in [6.07, 6.45) is 0. The van der Waals surface area contributed by atoms with Crippen molar-refractivity contribution < 1.29 is 13.7 Å². The molecule has 0 unspecified atom stereocenters. The monoisotopic (exact) mass is 370 g/mol. The summed E-state index contributed by atoms with van der Waals surface area (Å²) in [5.74, 6) is 1.33. The van der Waals surface area contributed by atoms with Crippen molar-refractivity contribution in [3.05, 3.63) is 77.3 Å². The third-order valence-corrected chi connectivity index (χ3v) is 4.89. The van der Waals surface area contributed by atoms with Crippen molar-refractivity contribution >= 4 is 17.7 Å². The second kappa shape index (κ2) is 8.67. The Morgan fingerprint density at radius 2 is 1.88 bits per heavy atom. The predicted molar refractivity (Wildman–Crippen MR) is 102 cm³/mol. The van der Waals surface area contributed by atoms with E-state index in [1.807, 2.05) is 36.4 Å². The number of carbonyl (C=O) groups is 1. The molecule has 3 aromatic rings. The fourth-order valence-electron chi connectivity index (χ4n) is 2.56.